The highest BCUT2D eigenvalue weighted by Gasteiger charge is 2.36. The largest absolute Gasteiger partial charge is 0.268 e. The second kappa shape index (κ2) is 5.48. The van der Waals surface area contributed by atoms with Crippen LogP contribution in [-0.4, -0.2) is 16.7 Å². The fourth-order valence-electron chi connectivity index (χ4n) is 2.02. The zero-order valence-corrected chi connectivity index (χ0v) is 11.7. The molecule has 0 radical (unpaired) electrons. The number of imide groups is 1. The van der Waals surface area contributed by atoms with Gasteiger partial charge in [0.1, 0.15) is 0 Å². The van der Waals surface area contributed by atoms with Crippen LogP contribution in [0.3, 0.4) is 0 Å². The van der Waals surface area contributed by atoms with Crippen LogP contribution in [0.25, 0.3) is 0 Å². The fraction of sp³-hybridized carbons (Fsp3) is 0.286. The minimum absolute atomic E-state index is 0.225. The third-order valence-corrected chi connectivity index (χ3v) is 3.52. The summed E-state index contributed by atoms with van der Waals surface area (Å²) in [4.78, 5) is 27.4. The minimum Gasteiger partial charge on any atom is -0.268 e. The van der Waals surface area contributed by atoms with E-state index in [0.717, 1.165) is 18.5 Å². The summed E-state index contributed by atoms with van der Waals surface area (Å²) < 4.78 is 0. The number of hydrogen-bond acceptors (Lipinski definition) is 2. The lowest BCUT2D eigenvalue weighted by atomic mass is 10.1. The number of benzene rings is 1. The highest BCUT2D eigenvalue weighted by atomic mass is 79.9. The summed E-state index contributed by atoms with van der Waals surface area (Å²) in [7, 11) is 0. The van der Waals surface area contributed by atoms with Crippen LogP contribution in [0, 0.1) is 0 Å². The van der Waals surface area contributed by atoms with Crippen molar-refractivity contribution in [3.63, 3.8) is 0 Å². The van der Waals surface area contributed by atoms with Crippen molar-refractivity contribution >= 4 is 27.7 Å². The summed E-state index contributed by atoms with van der Waals surface area (Å²) in [6.45, 7) is 2.08. The second-order valence-corrected chi connectivity index (χ2v) is 4.65. The molecule has 1 aliphatic rings. The number of allylic oxidation sites excluding steroid dienone is 1. The van der Waals surface area contributed by atoms with Gasteiger partial charge < -0.3 is 0 Å². The van der Waals surface area contributed by atoms with E-state index in [4.69, 9.17) is 0 Å². The van der Waals surface area contributed by atoms with Crippen molar-refractivity contribution in [1.29, 1.82) is 0 Å². The molecule has 0 saturated heterocycles. The Morgan fingerprint density at radius 3 is 2.22 bits per heavy atom. The van der Waals surface area contributed by atoms with Crippen LogP contribution in [0.15, 0.2) is 34.9 Å². The number of unbranched alkanes of at least 4 members (excludes halogenated alkanes) is 1. The van der Waals surface area contributed by atoms with Gasteiger partial charge in [-0.05, 0) is 25.0 Å². The third-order valence-electron chi connectivity index (χ3n) is 2.99. The van der Waals surface area contributed by atoms with Crippen LogP contribution in [0.1, 0.15) is 46.9 Å². The molecule has 0 unspecified atom stereocenters. The molecule has 1 heterocycles. The molecule has 0 N–H and O–H groups in total. The van der Waals surface area contributed by atoms with E-state index < -0.39 is 0 Å². The molecule has 3 nitrogen and oxygen atoms in total. The van der Waals surface area contributed by atoms with E-state index in [-0.39, 0.29) is 11.8 Å². The molecule has 2 rings (SSSR count). The van der Waals surface area contributed by atoms with E-state index in [2.05, 4.69) is 22.9 Å². The lowest BCUT2D eigenvalue weighted by molar-refractivity contribution is 0.0699. The molecular weight excluding hydrogens is 294 g/mol. The average molecular weight is 308 g/mol. The Balaban J connectivity index is 2.33. The Morgan fingerprint density at radius 2 is 1.78 bits per heavy atom. The molecule has 1 aromatic rings. The molecule has 1 aromatic carbocycles. The Kier molecular flexibility index (Phi) is 3.97. The lowest BCUT2D eigenvalue weighted by Gasteiger charge is -2.17. The molecule has 18 heavy (non-hydrogen) atoms. The van der Waals surface area contributed by atoms with E-state index in [0.29, 0.717) is 17.5 Å². The number of amides is 2. The molecule has 0 bridgehead atoms. The molecule has 0 fully saturated rings. The number of carbonyl (C=O) groups excluding carboxylic acids is 2. The Bertz CT molecular complexity index is 487. The van der Waals surface area contributed by atoms with Gasteiger partial charge in [0.15, 0.2) is 0 Å². The van der Waals surface area contributed by atoms with Crippen molar-refractivity contribution in [3.05, 3.63) is 46.1 Å². The quantitative estimate of drug-likeness (QED) is 0.795. The van der Waals surface area contributed by atoms with E-state index in [1.165, 1.54) is 4.90 Å². The van der Waals surface area contributed by atoms with Gasteiger partial charge in [0.25, 0.3) is 11.8 Å². The number of fused-ring (bicyclic) bond motifs is 1. The predicted molar refractivity (Wildman–Crippen MR) is 73.5 cm³/mol. The van der Waals surface area contributed by atoms with Gasteiger partial charge in [-0.1, -0.05) is 41.4 Å². The van der Waals surface area contributed by atoms with Gasteiger partial charge in [-0.3, -0.25) is 9.59 Å². The summed E-state index contributed by atoms with van der Waals surface area (Å²) in [5.41, 5.74) is 1.71. The van der Waals surface area contributed by atoms with Crippen molar-refractivity contribution in [2.24, 2.45) is 0 Å². The maximum Gasteiger partial charge on any atom is 0.265 e. The van der Waals surface area contributed by atoms with Crippen LogP contribution in [-0.2, 0) is 0 Å². The molecule has 0 aromatic heterocycles. The SMILES string of the molecule is CCCC/C(=C/Br)N1C(=O)c2ccccc2C1=O. The number of carbonyl (C=O) groups is 2. The van der Waals surface area contributed by atoms with Crippen LogP contribution in [0.4, 0.5) is 0 Å². The van der Waals surface area contributed by atoms with Crippen molar-refractivity contribution in [3.8, 4) is 0 Å². The van der Waals surface area contributed by atoms with Crippen molar-refractivity contribution in [2.45, 2.75) is 26.2 Å². The second-order valence-electron chi connectivity index (χ2n) is 4.20. The molecule has 0 aliphatic carbocycles. The lowest BCUT2D eigenvalue weighted by Crippen LogP contribution is -2.28. The van der Waals surface area contributed by atoms with Crippen LogP contribution in [0.2, 0.25) is 0 Å². The van der Waals surface area contributed by atoms with Crippen LogP contribution in [0.5, 0.6) is 0 Å². The Labute approximate surface area is 115 Å². The average Bonchev–Trinajstić information content (AvgIpc) is 2.65. The standard InChI is InChI=1S/C14H14BrNO2/c1-2-3-6-10(9-15)16-13(17)11-7-4-5-8-12(11)14(16)18/h4-5,7-9H,2-3,6H2,1H3/b10-9-. The summed E-state index contributed by atoms with van der Waals surface area (Å²) in [5.74, 6) is -0.449. The normalized spacial score (nSPS) is 15.2. The zero-order chi connectivity index (χ0) is 13.1. The first kappa shape index (κ1) is 13.0. The summed E-state index contributed by atoms with van der Waals surface area (Å²) in [5, 5.41) is 0. The van der Waals surface area contributed by atoms with Gasteiger partial charge in [-0.2, -0.15) is 0 Å². The number of hydrogen-bond donors (Lipinski definition) is 0. The first-order chi connectivity index (χ1) is 8.70. The molecule has 4 heteroatoms. The summed E-state index contributed by atoms with van der Waals surface area (Å²) in [6, 6.07) is 6.94. The highest BCUT2D eigenvalue weighted by molar-refractivity contribution is 9.11. The fourth-order valence-corrected chi connectivity index (χ4v) is 2.46. The molecule has 94 valence electrons. The molecule has 0 atom stereocenters. The highest BCUT2D eigenvalue weighted by Crippen LogP contribution is 2.28. The molecule has 2 amide bonds. The Hall–Kier alpha value is -1.42. The maximum atomic E-state index is 12.2. The van der Waals surface area contributed by atoms with Gasteiger partial charge in [0.05, 0.1) is 11.1 Å². The number of rotatable bonds is 4. The van der Waals surface area contributed by atoms with Crippen LogP contribution < -0.4 is 0 Å². The van der Waals surface area contributed by atoms with Crippen molar-refractivity contribution in [2.75, 3.05) is 0 Å². The van der Waals surface area contributed by atoms with E-state index >= 15 is 0 Å². The third kappa shape index (κ3) is 2.12. The molecule has 0 spiro atoms. The van der Waals surface area contributed by atoms with E-state index in [9.17, 15) is 9.59 Å². The summed E-state index contributed by atoms with van der Waals surface area (Å²) in [6.07, 6.45) is 2.69. The van der Waals surface area contributed by atoms with Crippen molar-refractivity contribution in [1.82, 2.24) is 4.90 Å². The smallest absolute Gasteiger partial charge is 0.265 e. The minimum atomic E-state index is -0.225. The van der Waals surface area contributed by atoms with E-state index in [1.807, 2.05) is 0 Å². The monoisotopic (exact) mass is 307 g/mol. The summed E-state index contributed by atoms with van der Waals surface area (Å²) >= 11 is 3.25. The Morgan fingerprint density at radius 1 is 1.22 bits per heavy atom. The van der Waals surface area contributed by atoms with Crippen molar-refractivity contribution < 1.29 is 9.59 Å². The molecule has 1 aliphatic heterocycles. The van der Waals surface area contributed by atoms with Gasteiger partial charge in [0, 0.05) is 10.7 Å². The zero-order valence-electron chi connectivity index (χ0n) is 10.1. The molecular formula is C14H14BrNO2. The first-order valence-electron chi connectivity index (χ1n) is 5.97. The first-order valence-corrected chi connectivity index (χ1v) is 6.89. The predicted octanol–water partition coefficient (Wildman–Crippen LogP) is 3.71. The molecule has 0 saturated carbocycles. The number of halogens is 1. The topological polar surface area (TPSA) is 37.4 Å². The maximum absolute atomic E-state index is 12.2. The van der Waals surface area contributed by atoms with Gasteiger partial charge >= 0.3 is 0 Å². The van der Waals surface area contributed by atoms with Gasteiger partial charge in [0.2, 0.25) is 0 Å². The van der Waals surface area contributed by atoms with Crippen LogP contribution >= 0.6 is 15.9 Å². The van der Waals surface area contributed by atoms with Gasteiger partial charge in [-0.25, -0.2) is 4.90 Å². The number of nitrogens with zero attached hydrogens (tertiary/aromatic N) is 1. The van der Waals surface area contributed by atoms with E-state index in [1.54, 1.807) is 29.3 Å². The van der Waals surface area contributed by atoms with Gasteiger partial charge in [-0.15, -0.1) is 0 Å².